The van der Waals surface area contributed by atoms with E-state index in [-0.39, 0.29) is 37.0 Å². The van der Waals surface area contributed by atoms with Crippen LogP contribution in [-0.2, 0) is 0 Å². The molecule has 0 atom stereocenters. The maximum absolute atomic E-state index is 12.2. The molecule has 0 aromatic heterocycles. The zero-order valence-electron chi connectivity index (χ0n) is 12.1. The molecular weight excluding hydrogens is 430 g/mol. The van der Waals surface area contributed by atoms with Crippen molar-refractivity contribution in [2.24, 2.45) is 0 Å². The van der Waals surface area contributed by atoms with E-state index >= 15 is 0 Å². The fourth-order valence-electron chi connectivity index (χ4n) is 1.80. The zero-order chi connectivity index (χ0) is 18.7. The van der Waals surface area contributed by atoms with E-state index in [2.05, 4.69) is 10.6 Å². The Kier molecular flexibility index (Phi) is 6.48. The largest absolute Gasteiger partial charge is 0.478 e. The molecule has 1 amide bonds. The maximum Gasteiger partial charge on any atom is 0.335 e. The molecule has 0 aliphatic rings. The molecule has 10 heteroatoms. The standard InChI is InChI=1S/C15H8Cl4N2O3S/c16-7-1-2-9(17)8(5-7)13(22)21-15(25)20-12-10(18)3-6(14(23)24)4-11(12)19/h1-5H,(H,23,24)(H2,20,21,22,25). The summed E-state index contributed by atoms with van der Waals surface area (Å²) in [4.78, 5) is 23.2. The van der Waals surface area contributed by atoms with Gasteiger partial charge in [-0.25, -0.2) is 4.79 Å². The molecule has 130 valence electrons. The summed E-state index contributed by atoms with van der Waals surface area (Å²) in [6, 6.07) is 6.82. The molecule has 0 bridgehead atoms. The highest BCUT2D eigenvalue weighted by Crippen LogP contribution is 2.32. The molecule has 2 aromatic carbocycles. The molecule has 0 saturated carbocycles. The molecule has 0 radical (unpaired) electrons. The van der Waals surface area contributed by atoms with Crippen molar-refractivity contribution in [3.8, 4) is 0 Å². The predicted molar refractivity (Wildman–Crippen MR) is 104 cm³/mol. The van der Waals surface area contributed by atoms with Gasteiger partial charge in [0.2, 0.25) is 0 Å². The van der Waals surface area contributed by atoms with Crippen molar-refractivity contribution in [2.75, 3.05) is 5.32 Å². The summed E-state index contributed by atoms with van der Waals surface area (Å²) in [6.45, 7) is 0. The van der Waals surface area contributed by atoms with E-state index in [9.17, 15) is 9.59 Å². The number of thiocarbonyl (C=S) groups is 1. The van der Waals surface area contributed by atoms with Crippen LogP contribution in [0.4, 0.5) is 5.69 Å². The first-order valence-electron chi connectivity index (χ1n) is 6.48. The van der Waals surface area contributed by atoms with Gasteiger partial charge < -0.3 is 10.4 Å². The van der Waals surface area contributed by atoms with Gasteiger partial charge >= 0.3 is 5.97 Å². The van der Waals surface area contributed by atoms with Crippen LogP contribution in [0, 0.1) is 0 Å². The van der Waals surface area contributed by atoms with Crippen molar-refractivity contribution in [1.82, 2.24) is 5.32 Å². The van der Waals surface area contributed by atoms with Gasteiger partial charge in [-0.05, 0) is 42.5 Å². The van der Waals surface area contributed by atoms with Crippen LogP contribution in [0.3, 0.4) is 0 Å². The molecule has 0 aliphatic carbocycles. The van der Waals surface area contributed by atoms with Gasteiger partial charge in [-0.3, -0.25) is 10.1 Å². The number of carbonyl (C=O) groups excluding carboxylic acids is 1. The Balaban J connectivity index is 2.16. The van der Waals surface area contributed by atoms with Crippen molar-refractivity contribution in [3.05, 3.63) is 61.5 Å². The quantitative estimate of drug-likeness (QED) is 0.580. The third-order valence-electron chi connectivity index (χ3n) is 2.93. The van der Waals surface area contributed by atoms with Gasteiger partial charge in [-0.1, -0.05) is 46.4 Å². The third-order valence-corrected chi connectivity index (χ3v) is 4.29. The number of hydrogen-bond acceptors (Lipinski definition) is 3. The fraction of sp³-hybridized carbons (Fsp3) is 0. The highest BCUT2D eigenvalue weighted by Gasteiger charge is 2.16. The molecule has 0 spiro atoms. The molecule has 0 aliphatic heterocycles. The molecule has 2 aromatic rings. The highest BCUT2D eigenvalue weighted by atomic mass is 35.5. The van der Waals surface area contributed by atoms with Gasteiger partial charge in [0, 0.05) is 5.02 Å². The lowest BCUT2D eigenvalue weighted by Crippen LogP contribution is -2.34. The van der Waals surface area contributed by atoms with Crippen LogP contribution in [0.25, 0.3) is 0 Å². The summed E-state index contributed by atoms with van der Waals surface area (Å²) in [5, 5.41) is 14.5. The van der Waals surface area contributed by atoms with E-state index in [1.807, 2.05) is 0 Å². The second-order valence-electron chi connectivity index (χ2n) is 4.65. The van der Waals surface area contributed by atoms with E-state index in [0.29, 0.717) is 5.02 Å². The van der Waals surface area contributed by atoms with E-state index in [0.717, 1.165) is 0 Å². The average molecular weight is 438 g/mol. The number of rotatable bonds is 3. The molecule has 25 heavy (non-hydrogen) atoms. The Bertz CT molecular complexity index is 866. The van der Waals surface area contributed by atoms with Gasteiger partial charge in [0.15, 0.2) is 5.11 Å². The minimum atomic E-state index is -1.18. The molecule has 3 N–H and O–H groups in total. The van der Waals surface area contributed by atoms with Gasteiger partial charge in [-0.15, -0.1) is 0 Å². The van der Waals surface area contributed by atoms with Crippen LogP contribution in [-0.4, -0.2) is 22.1 Å². The Labute approximate surface area is 167 Å². The second kappa shape index (κ2) is 8.21. The Hall–Kier alpha value is -1.57. The number of carbonyl (C=O) groups is 2. The molecule has 0 unspecified atom stereocenters. The summed E-state index contributed by atoms with van der Waals surface area (Å²) in [5.74, 6) is -1.76. The average Bonchev–Trinajstić information content (AvgIpc) is 2.52. The maximum atomic E-state index is 12.2. The zero-order valence-corrected chi connectivity index (χ0v) is 15.9. The lowest BCUT2D eigenvalue weighted by atomic mass is 10.2. The lowest BCUT2D eigenvalue weighted by molar-refractivity contribution is 0.0696. The Morgan fingerprint density at radius 1 is 0.960 bits per heavy atom. The summed E-state index contributed by atoms with van der Waals surface area (Å²) in [5.41, 5.74) is 0.216. The minimum absolute atomic E-state index is 0.0299. The number of carboxylic acids is 1. The van der Waals surface area contributed by atoms with E-state index in [1.165, 1.54) is 24.3 Å². The number of carboxylic acid groups (broad SMARTS) is 1. The third kappa shape index (κ3) is 4.96. The molecule has 0 heterocycles. The van der Waals surface area contributed by atoms with E-state index in [4.69, 9.17) is 63.7 Å². The van der Waals surface area contributed by atoms with Crippen molar-refractivity contribution in [3.63, 3.8) is 0 Å². The first-order chi connectivity index (χ1) is 11.7. The molecule has 2 rings (SSSR count). The first kappa shape index (κ1) is 19.8. The van der Waals surface area contributed by atoms with Crippen LogP contribution in [0.1, 0.15) is 20.7 Å². The number of amides is 1. The summed E-state index contributed by atoms with van der Waals surface area (Å²) in [6.07, 6.45) is 0. The van der Waals surface area contributed by atoms with Gasteiger partial charge in [0.25, 0.3) is 5.91 Å². The van der Waals surface area contributed by atoms with Crippen LogP contribution < -0.4 is 10.6 Å². The number of aromatic carboxylic acids is 1. The summed E-state index contributed by atoms with van der Waals surface area (Å²) < 4.78 is 0. The minimum Gasteiger partial charge on any atom is -0.478 e. The number of anilines is 1. The molecule has 0 saturated heterocycles. The monoisotopic (exact) mass is 436 g/mol. The van der Waals surface area contributed by atoms with Gasteiger partial charge in [0.1, 0.15) is 0 Å². The van der Waals surface area contributed by atoms with Crippen molar-refractivity contribution >= 4 is 81.3 Å². The van der Waals surface area contributed by atoms with Crippen molar-refractivity contribution in [2.45, 2.75) is 0 Å². The van der Waals surface area contributed by atoms with Crippen LogP contribution in [0.2, 0.25) is 20.1 Å². The molecular formula is C15H8Cl4N2O3S. The Morgan fingerprint density at radius 2 is 1.56 bits per heavy atom. The van der Waals surface area contributed by atoms with E-state index in [1.54, 1.807) is 6.07 Å². The van der Waals surface area contributed by atoms with E-state index < -0.39 is 11.9 Å². The summed E-state index contributed by atoms with van der Waals surface area (Å²) in [7, 11) is 0. The predicted octanol–water partition coefficient (Wildman–Crippen LogP) is 5.13. The second-order valence-corrected chi connectivity index (χ2v) is 6.72. The lowest BCUT2D eigenvalue weighted by Gasteiger charge is -2.13. The molecule has 5 nitrogen and oxygen atoms in total. The Morgan fingerprint density at radius 3 is 2.12 bits per heavy atom. The van der Waals surface area contributed by atoms with Crippen molar-refractivity contribution in [1.29, 1.82) is 0 Å². The highest BCUT2D eigenvalue weighted by molar-refractivity contribution is 7.80. The number of hydrogen-bond donors (Lipinski definition) is 3. The topological polar surface area (TPSA) is 78.4 Å². The van der Waals surface area contributed by atoms with Crippen LogP contribution >= 0.6 is 58.6 Å². The van der Waals surface area contributed by atoms with Crippen LogP contribution in [0.15, 0.2) is 30.3 Å². The summed E-state index contributed by atoms with van der Waals surface area (Å²) >= 11 is 28.8. The SMILES string of the molecule is O=C(O)c1cc(Cl)c(NC(=S)NC(=O)c2cc(Cl)ccc2Cl)c(Cl)c1. The number of benzene rings is 2. The first-order valence-corrected chi connectivity index (χ1v) is 8.40. The van der Waals surface area contributed by atoms with Gasteiger partial charge in [0.05, 0.1) is 31.9 Å². The number of nitrogens with one attached hydrogen (secondary N) is 2. The van der Waals surface area contributed by atoms with Crippen molar-refractivity contribution < 1.29 is 14.7 Å². The number of halogens is 4. The van der Waals surface area contributed by atoms with Gasteiger partial charge in [-0.2, -0.15) is 0 Å². The molecule has 0 fully saturated rings. The van der Waals surface area contributed by atoms with Crippen LogP contribution in [0.5, 0.6) is 0 Å². The normalized spacial score (nSPS) is 10.2. The smallest absolute Gasteiger partial charge is 0.335 e. The fourth-order valence-corrected chi connectivity index (χ4v) is 2.95.